The lowest BCUT2D eigenvalue weighted by Gasteiger charge is -2.21. The summed E-state index contributed by atoms with van der Waals surface area (Å²) in [6.07, 6.45) is 10.0. The average molecular weight is 217 g/mol. The van der Waals surface area contributed by atoms with Crippen LogP contribution in [0.3, 0.4) is 0 Å². The normalized spacial score (nSPS) is 21.0. The molecule has 1 saturated carbocycles. The van der Waals surface area contributed by atoms with E-state index in [1.54, 1.807) is 0 Å². The second kappa shape index (κ2) is 4.08. The number of aromatic amines is 1. The van der Waals surface area contributed by atoms with Crippen molar-refractivity contribution >= 4 is 0 Å². The maximum absolute atomic E-state index is 11.7. The summed E-state index contributed by atoms with van der Waals surface area (Å²) in [7, 11) is 0. The molecule has 2 aliphatic rings. The van der Waals surface area contributed by atoms with Crippen LogP contribution in [0.15, 0.2) is 10.9 Å². The first-order valence-corrected chi connectivity index (χ1v) is 6.59. The van der Waals surface area contributed by atoms with Crippen LogP contribution in [0.25, 0.3) is 0 Å². The number of aryl methyl sites for hydroxylation is 1. The zero-order valence-electron chi connectivity index (χ0n) is 9.72. The van der Waals surface area contributed by atoms with Crippen molar-refractivity contribution < 1.29 is 0 Å². The maximum Gasteiger partial charge on any atom is 0.248 e. The number of fused-ring (bicyclic) bond motifs is 1. The van der Waals surface area contributed by atoms with Crippen LogP contribution in [-0.4, -0.2) is 4.98 Å². The van der Waals surface area contributed by atoms with Crippen molar-refractivity contribution in [1.29, 1.82) is 0 Å². The van der Waals surface area contributed by atoms with Crippen LogP contribution in [-0.2, 0) is 12.8 Å². The molecule has 0 bridgehead atoms. The van der Waals surface area contributed by atoms with Gasteiger partial charge in [-0.1, -0.05) is 12.8 Å². The van der Waals surface area contributed by atoms with Crippen molar-refractivity contribution in [3.63, 3.8) is 0 Å². The fraction of sp³-hybridized carbons (Fsp3) is 0.643. The molecule has 1 aromatic heterocycles. The highest BCUT2D eigenvalue weighted by Gasteiger charge is 2.23. The fourth-order valence-corrected chi connectivity index (χ4v) is 3.36. The van der Waals surface area contributed by atoms with E-state index in [-0.39, 0.29) is 5.56 Å². The first-order chi connectivity index (χ1) is 7.84. The standard InChI is InChI=1S/C14H19NO/c16-13-9-11-7-3-4-8-12(11)14(15-13)10-5-1-2-6-10/h9-10H,1-8H2,(H,15,16). The van der Waals surface area contributed by atoms with E-state index >= 15 is 0 Å². The van der Waals surface area contributed by atoms with Crippen molar-refractivity contribution in [2.75, 3.05) is 0 Å². The Hall–Kier alpha value is -1.05. The van der Waals surface area contributed by atoms with E-state index in [1.807, 2.05) is 6.07 Å². The van der Waals surface area contributed by atoms with Gasteiger partial charge in [-0.3, -0.25) is 4.79 Å². The number of hydrogen-bond acceptors (Lipinski definition) is 1. The van der Waals surface area contributed by atoms with E-state index in [4.69, 9.17) is 0 Å². The Kier molecular flexibility index (Phi) is 2.58. The van der Waals surface area contributed by atoms with Gasteiger partial charge < -0.3 is 4.98 Å². The second-order valence-electron chi connectivity index (χ2n) is 5.24. The summed E-state index contributed by atoms with van der Waals surface area (Å²) in [5.74, 6) is 0.640. The maximum atomic E-state index is 11.7. The Morgan fingerprint density at radius 2 is 1.81 bits per heavy atom. The van der Waals surface area contributed by atoms with E-state index in [0.717, 1.165) is 6.42 Å². The highest BCUT2D eigenvalue weighted by Crippen LogP contribution is 2.36. The molecule has 2 nitrogen and oxygen atoms in total. The lowest BCUT2D eigenvalue weighted by Crippen LogP contribution is -2.18. The number of hydrogen-bond donors (Lipinski definition) is 1. The Bertz CT molecular complexity index is 441. The minimum atomic E-state index is 0.113. The molecule has 1 aromatic rings. The number of H-pyrrole nitrogens is 1. The van der Waals surface area contributed by atoms with Gasteiger partial charge in [0, 0.05) is 11.8 Å². The van der Waals surface area contributed by atoms with Crippen molar-refractivity contribution in [2.45, 2.75) is 57.3 Å². The lowest BCUT2D eigenvalue weighted by molar-refractivity contribution is 0.630. The quantitative estimate of drug-likeness (QED) is 0.770. The summed E-state index contributed by atoms with van der Waals surface area (Å²) in [5, 5.41) is 0. The van der Waals surface area contributed by atoms with Gasteiger partial charge in [0.25, 0.3) is 0 Å². The minimum absolute atomic E-state index is 0.113. The number of aromatic nitrogens is 1. The summed E-state index contributed by atoms with van der Waals surface area (Å²) in [5.41, 5.74) is 4.22. The molecular weight excluding hydrogens is 198 g/mol. The molecule has 2 heteroatoms. The third-order valence-corrected chi connectivity index (χ3v) is 4.16. The molecule has 2 aliphatic carbocycles. The molecule has 0 unspecified atom stereocenters. The van der Waals surface area contributed by atoms with E-state index in [9.17, 15) is 4.79 Å². The van der Waals surface area contributed by atoms with E-state index in [2.05, 4.69) is 4.98 Å². The summed E-state index contributed by atoms with van der Waals surface area (Å²) in [6.45, 7) is 0. The first kappa shape index (κ1) is 10.1. The van der Waals surface area contributed by atoms with E-state index in [1.165, 1.54) is 61.8 Å². The van der Waals surface area contributed by atoms with Crippen LogP contribution < -0.4 is 5.56 Å². The molecule has 0 radical (unpaired) electrons. The SMILES string of the molecule is O=c1cc2c(c(C3CCCC3)[nH]1)CCCC2. The van der Waals surface area contributed by atoms with Gasteiger partial charge in [-0.2, -0.15) is 0 Å². The molecule has 0 spiro atoms. The third kappa shape index (κ3) is 1.70. The molecule has 1 heterocycles. The van der Waals surface area contributed by atoms with Crippen molar-refractivity contribution in [1.82, 2.24) is 4.98 Å². The number of pyridine rings is 1. The molecule has 3 rings (SSSR count). The van der Waals surface area contributed by atoms with Crippen LogP contribution in [0, 0.1) is 0 Å². The van der Waals surface area contributed by atoms with Crippen LogP contribution in [0.4, 0.5) is 0 Å². The Balaban J connectivity index is 2.08. The molecule has 16 heavy (non-hydrogen) atoms. The largest absolute Gasteiger partial charge is 0.326 e. The smallest absolute Gasteiger partial charge is 0.248 e. The van der Waals surface area contributed by atoms with Gasteiger partial charge in [-0.25, -0.2) is 0 Å². The van der Waals surface area contributed by atoms with Gasteiger partial charge in [-0.15, -0.1) is 0 Å². The Morgan fingerprint density at radius 1 is 1.06 bits per heavy atom. The van der Waals surface area contributed by atoms with Crippen LogP contribution in [0.1, 0.15) is 61.3 Å². The molecule has 1 fully saturated rings. The van der Waals surface area contributed by atoms with Gasteiger partial charge in [0.2, 0.25) is 5.56 Å². The van der Waals surface area contributed by atoms with E-state index in [0.29, 0.717) is 5.92 Å². The summed E-state index contributed by atoms with van der Waals surface area (Å²) < 4.78 is 0. The summed E-state index contributed by atoms with van der Waals surface area (Å²) >= 11 is 0. The van der Waals surface area contributed by atoms with Crippen LogP contribution >= 0.6 is 0 Å². The highest BCUT2D eigenvalue weighted by atomic mass is 16.1. The van der Waals surface area contributed by atoms with Crippen molar-refractivity contribution in [3.05, 3.63) is 33.2 Å². The second-order valence-corrected chi connectivity index (χ2v) is 5.24. The third-order valence-electron chi connectivity index (χ3n) is 4.16. The average Bonchev–Trinajstić information content (AvgIpc) is 2.81. The predicted octanol–water partition coefficient (Wildman–Crippen LogP) is 2.91. The highest BCUT2D eigenvalue weighted by molar-refractivity contribution is 5.34. The first-order valence-electron chi connectivity index (χ1n) is 6.59. The van der Waals surface area contributed by atoms with Gasteiger partial charge >= 0.3 is 0 Å². The molecular formula is C14H19NO. The van der Waals surface area contributed by atoms with Gasteiger partial charge in [0.05, 0.1) is 0 Å². The minimum Gasteiger partial charge on any atom is -0.326 e. The van der Waals surface area contributed by atoms with Crippen LogP contribution in [0.5, 0.6) is 0 Å². The molecule has 0 aromatic carbocycles. The zero-order valence-corrected chi connectivity index (χ0v) is 9.72. The van der Waals surface area contributed by atoms with E-state index < -0.39 is 0 Å². The number of nitrogens with one attached hydrogen (secondary N) is 1. The van der Waals surface area contributed by atoms with Gasteiger partial charge in [-0.05, 0) is 55.6 Å². The van der Waals surface area contributed by atoms with Crippen LogP contribution in [0.2, 0.25) is 0 Å². The molecule has 0 amide bonds. The van der Waals surface area contributed by atoms with Gasteiger partial charge in [0.1, 0.15) is 0 Å². The number of rotatable bonds is 1. The molecule has 86 valence electrons. The fourth-order valence-electron chi connectivity index (χ4n) is 3.36. The molecule has 0 saturated heterocycles. The van der Waals surface area contributed by atoms with Crippen molar-refractivity contribution in [2.24, 2.45) is 0 Å². The monoisotopic (exact) mass is 217 g/mol. The van der Waals surface area contributed by atoms with Crippen molar-refractivity contribution in [3.8, 4) is 0 Å². The zero-order chi connectivity index (χ0) is 11.0. The summed E-state index contributed by atoms with van der Waals surface area (Å²) in [4.78, 5) is 14.8. The predicted molar refractivity (Wildman–Crippen MR) is 64.9 cm³/mol. The Morgan fingerprint density at radius 3 is 2.62 bits per heavy atom. The molecule has 1 N–H and O–H groups in total. The molecule has 0 aliphatic heterocycles. The Labute approximate surface area is 96.1 Å². The van der Waals surface area contributed by atoms with Gasteiger partial charge in [0.15, 0.2) is 0 Å². The topological polar surface area (TPSA) is 32.9 Å². The molecule has 0 atom stereocenters. The lowest BCUT2D eigenvalue weighted by atomic mass is 9.86. The summed E-state index contributed by atoms with van der Waals surface area (Å²) in [6, 6.07) is 1.83.